The van der Waals surface area contributed by atoms with Crippen LogP contribution >= 0.6 is 0 Å². The van der Waals surface area contributed by atoms with Crippen molar-refractivity contribution in [1.82, 2.24) is 20.2 Å². The van der Waals surface area contributed by atoms with E-state index >= 15 is 0 Å². The lowest BCUT2D eigenvalue weighted by molar-refractivity contribution is -0.125. The first-order valence-corrected chi connectivity index (χ1v) is 6.21. The Bertz CT molecular complexity index is 349. The molecule has 0 saturated carbocycles. The first-order valence-electron chi connectivity index (χ1n) is 6.21. The van der Waals surface area contributed by atoms with Gasteiger partial charge in [0.25, 0.3) is 0 Å². The molecule has 5 heteroatoms. The number of nitrogens with one attached hydrogen (secondary N) is 2. The van der Waals surface area contributed by atoms with E-state index in [-0.39, 0.29) is 11.8 Å². The summed E-state index contributed by atoms with van der Waals surface area (Å²) < 4.78 is 2.02. The molecule has 2 N–H and O–H groups in total. The van der Waals surface area contributed by atoms with Crippen molar-refractivity contribution in [3.05, 3.63) is 18.7 Å². The molecule has 2 rings (SSSR count). The summed E-state index contributed by atoms with van der Waals surface area (Å²) in [5.41, 5.74) is 0. The first-order chi connectivity index (χ1) is 8.27. The number of aromatic nitrogens is 2. The number of hydrogen-bond acceptors (Lipinski definition) is 3. The Kier molecular flexibility index (Phi) is 4.14. The highest BCUT2D eigenvalue weighted by Crippen LogP contribution is 2.15. The Morgan fingerprint density at radius 2 is 2.47 bits per heavy atom. The fourth-order valence-electron chi connectivity index (χ4n) is 2.18. The predicted octanol–water partition coefficient (Wildman–Crippen LogP) is 0.245. The number of rotatable bonds is 5. The molecule has 0 aromatic carbocycles. The summed E-state index contributed by atoms with van der Waals surface area (Å²) in [6.45, 7) is 5.52. The molecule has 0 spiro atoms. The summed E-state index contributed by atoms with van der Waals surface area (Å²) in [5, 5.41) is 6.25. The van der Waals surface area contributed by atoms with Crippen LogP contribution in [0.3, 0.4) is 0 Å². The normalized spacial score (nSPS) is 23.8. The standard InChI is InChI=1S/C12H20N4O/c1-10-7-14-8-11(10)12(17)15-3-2-5-16-6-4-13-9-16/h4,6,9-11,14H,2-3,5,7-8H2,1H3,(H,15,17)/t10-,11-/m1/s1. The number of imidazole rings is 1. The van der Waals surface area contributed by atoms with Crippen LogP contribution in [-0.4, -0.2) is 35.1 Å². The zero-order chi connectivity index (χ0) is 12.1. The van der Waals surface area contributed by atoms with E-state index in [0.717, 1.165) is 32.6 Å². The van der Waals surface area contributed by atoms with Crippen molar-refractivity contribution in [2.75, 3.05) is 19.6 Å². The van der Waals surface area contributed by atoms with Crippen LogP contribution in [-0.2, 0) is 11.3 Å². The van der Waals surface area contributed by atoms with Crippen LogP contribution in [0.4, 0.5) is 0 Å². The summed E-state index contributed by atoms with van der Waals surface area (Å²) in [7, 11) is 0. The molecule has 1 aliphatic rings. The Hall–Kier alpha value is -1.36. The van der Waals surface area contributed by atoms with Crippen molar-refractivity contribution in [3.8, 4) is 0 Å². The highest BCUT2D eigenvalue weighted by atomic mass is 16.1. The van der Waals surface area contributed by atoms with E-state index in [1.54, 1.807) is 12.5 Å². The minimum absolute atomic E-state index is 0.142. The van der Waals surface area contributed by atoms with Gasteiger partial charge in [0.15, 0.2) is 0 Å². The molecule has 1 aliphatic heterocycles. The fraction of sp³-hybridized carbons (Fsp3) is 0.667. The molecule has 1 saturated heterocycles. The van der Waals surface area contributed by atoms with E-state index in [4.69, 9.17) is 0 Å². The van der Waals surface area contributed by atoms with Gasteiger partial charge in [-0.2, -0.15) is 0 Å². The summed E-state index contributed by atoms with van der Waals surface area (Å²) >= 11 is 0. The van der Waals surface area contributed by atoms with Crippen molar-refractivity contribution in [2.45, 2.75) is 19.9 Å². The summed E-state index contributed by atoms with van der Waals surface area (Å²) in [5.74, 6) is 0.778. The van der Waals surface area contributed by atoms with Gasteiger partial charge in [0.2, 0.25) is 5.91 Å². The van der Waals surface area contributed by atoms with Crippen molar-refractivity contribution >= 4 is 5.91 Å². The predicted molar refractivity (Wildman–Crippen MR) is 65.4 cm³/mol. The van der Waals surface area contributed by atoms with Gasteiger partial charge in [-0.3, -0.25) is 4.79 Å². The maximum Gasteiger partial charge on any atom is 0.224 e. The summed E-state index contributed by atoms with van der Waals surface area (Å²) in [6, 6.07) is 0. The second kappa shape index (κ2) is 5.82. The molecule has 0 radical (unpaired) electrons. The maximum absolute atomic E-state index is 11.8. The van der Waals surface area contributed by atoms with Crippen LogP contribution in [0, 0.1) is 11.8 Å². The third-order valence-corrected chi connectivity index (χ3v) is 3.31. The molecule has 2 atom stereocenters. The Morgan fingerprint density at radius 3 is 3.12 bits per heavy atom. The van der Waals surface area contributed by atoms with Gasteiger partial charge in [-0.1, -0.05) is 6.92 Å². The van der Waals surface area contributed by atoms with Gasteiger partial charge in [0.05, 0.1) is 12.2 Å². The van der Waals surface area contributed by atoms with E-state index in [9.17, 15) is 4.79 Å². The molecule has 1 amide bonds. The third-order valence-electron chi connectivity index (χ3n) is 3.31. The second-order valence-corrected chi connectivity index (χ2v) is 4.69. The van der Waals surface area contributed by atoms with Gasteiger partial charge in [-0.05, 0) is 18.9 Å². The molecule has 5 nitrogen and oxygen atoms in total. The lowest BCUT2D eigenvalue weighted by Crippen LogP contribution is -2.35. The largest absolute Gasteiger partial charge is 0.356 e. The average Bonchev–Trinajstić information content (AvgIpc) is 2.95. The fourth-order valence-corrected chi connectivity index (χ4v) is 2.18. The number of amides is 1. The Labute approximate surface area is 102 Å². The Morgan fingerprint density at radius 1 is 1.59 bits per heavy atom. The summed E-state index contributed by atoms with van der Waals surface area (Å²) in [4.78, 5) is 15.8. The first kappa shape index (κ1) is 12.1. The molecule has 1 aromatic rings. The highest BCUT2D eigenvalue weighted by Gasteiger charge is 2.28. The highest BCUT2D eigenvalue weighted by molar-refractivity contribution is 5.79. The van der Waals surface area contributed by atoms with Gasteiger partial charge >= 0.3 is 0 Å². The number of hydrogen-bond donors (Lipinski definition) is 2. The number of carbonyl (C=O) groups excluding carboxylic acids is 1. The SMILES string of the molecule is C[C@@H]1CNC[C@H]1C(=O)NCCCn1ccnc1. The molecule has 94 valence electrons. The molecular formula is C12H20N4O. The molecule has 1 fully saturated rings. The van der Waals surface area contributed by atoms with Gasteiger partial charge in [0.1, 0.15) is 0 Å². The topological polar surface area (TPSA) is 59.0 Å². The lowest BCUT2D eigenvalue weighted by Gasteiger charge is -2.14. The van der Waals surface area contributed by atoms with E-state index < -0.39 is 0 Å². The monoisotopic (exact) mass is 236 g/mol. The Balaban J connectivity index is 1.63. The van der Waals surface area contributed by atoms with E-state index in [1.807, 2.05) is 10.8 Å². The molecule has 0 bridgehead atoms. The smallest absolute Gasteiger partial charge is 0.224 e. The number of carbonyl (C=O) groups is 1. The average molecular weight is 236 g/mol. The van der Waals surface area contributed by atoms with Crippen LogP contribution in [0.15, 0.2) is 18.7 Å². The van der Waals surface area contributed by atoms with Crippen molar-refractivity contribution in [2.24, 2.45) is 11.8 Å². The van der Waals surface area contributed by atoms with Gasteiger partial charge in [0, 0.05) is 32.0 Å². The molecule has 17 heavy (non-hydrogen) atoms. The van der Waals surface area contributed by atoms with E-state index in [2.05, 4.69) is 22.5 Å². The van der Waals surface area contributed by atoms with Gasteiger partial charge in [-0.15, -0.1) is 0 Å². The molecule has 1 aromatic heterocycles. The van der Waals surface area contributed by atoms with Crippen LogP contribution in [0.2, 0.25) is 0 Å². The van der Waals surface area contributed by atoms with E-state index in [1.165, 1.54) is 0 Å². The van der Waals surface area contributed by atoms with Crippen molar-refractivity contribution in [3.63, 3.8) is 0 Å². The second-order valence-electron chi connectivity index (χ2n) is 4.69. The molecule has 2 heterocycles. The van der Waals surface area contributed by atoms with Crippen LogP contribution in [0.5, 0.6) is 0 Å². The molecule has 0 aliphatic carbocycles. The van der Waals surface area contributed by atoms with E-state index in [0.29, 0.717) is 5.92 Å². The number of nitrogens with zero attached hydrogens (tertiary/aromatic N) is 2. The lowest BCUT2D eigenvalue weighted by atomic mass is 9.97. The van der Waals surface area contributed by atoms with Crippen LogP contribution in [0.25, 0.3) is 0 Å². The van der Waals surface area contributed by atoms with Crippen molar-refractivity contribution in [1.29, 1.82) is 0 Å². The zero-order valence-corrected chi connectivity index (χ0v) is 10.2. The maximum atomic E-state index is 11.8. The quantitative estimate of drug-likeness (QED) is 0.720. The van der Waals surface area contributed by atoms with Crippen LogP contribution in [0.1, 0.15) is 13.3 Å². The molecular weight excluding hydrogens is 216 g/mol. The number of aryl methyl sites for hydroxylation is 1. The van der Waals surface area contributed by atoms with Gasteiger partial charge < -0.3 is 15.2 Å². The van der Waals surface area contributed by atoms with Crippen LogP contribution < -0.4 is 10.6 Å². The third kappa shape index (κ3) is 3.30. The zero-order valence-electron chi connectivity index (χ0n) is 10.2. The summed E-state index contributed by atoms with van der Waals surface area (Å²) in [6.07, 6.45) is 6.44. The molecule has 0 unspecified atom stereocenters. The van der Waals surface area contributed by atoms with Crippen molar-refractivity contribution < 1.29 is 4.79 Å². The van der Waals surface area contributed by atoms with Gasteiger partial charge in [-0.25, -0.2) is 4.98 Å². The minimum Gasteiger partial charge on any atom is -0.356 e. The minimum atomic E-state index is 0.142.